The standard InChI is InChI=1S/C17H14FNOS/c18-15-10-4-5-11-16(15)21-13-17(20)19-12-6-9-14-7-2-1-3-8-14/h1-5,7-8,10-11H,12-13H2,(H,19,20). The van der Waals surface area contributed by atoms with Crippen LogP contribution < -0.4 is 5.32 Å². The molecule has 0 heterocycles. The van der Waals surface area contributed by atoms with E-state index in [9.17, 15) is 9.18 Å². The molecule has 0 spiro atoms. The highest BCUT2D eigenvalue weighted by Gasteiger charge is 2.05. The van der Waals surface area contributed by atoms with E-state index in [-0.39, 0.29) is 24.0 Å². The number of benzene rings is 2. The molecule has 106 valence electrons. The molecule has 0 fully saturated rings. The van der Waals surface area contributed by atoms with Gasteiger partial charge in [-0.1, -0.05) is 42.2 Å². The molecule has 2 nitrogen and oxygen atoms in total. The minimum absolute atomic E-state index is 0.161. The highest BCUT2D eigenvalue weighted by atomic mass is 32.2. The lowest BCUT2D eigenvalue weighted by molar-refractivity contribution is -0.118. The maximum absolute atomic E-state index is 13.4. The summed E-state index contributed by atoms with van der Waals surface area (Å²) >= 11 is 1.17. The average molecular weight is 299 g/mol. The molecule has 1 amide bonds. The average Bonchev–Trinajstić information content (AvgIpc) is 2.52. The molecule has 1 N–H and O–H groups in total. The van der Waals surface area contributed by atoms with E-state index in [2.05, 4.69) is 17.2 Å². The Bertz CT molecular complexity index is 661. The molecule has 0 aliphatic rings. The molecule has 0 saturated carbocycles. The summed E-state index contributed by atoms with van der Waals surface area (Å²) in [6, 6.07) is 16.0. The summed E-state index contributed by atoms with van der Waals surface area (Å²) in [5.74, 6) is 5.54. The van der Waals surface area contributed by atoms with Crippen molar-refractivity contribution in [3.63, 3.8) is 0 Å². The van der Waals surface area contributed by atoms with Gasteiger partial charge in [0.15, 0.2) is 0 Å². The lowest BCUT2D eigenvalue weighted by Gasteiger charge is -2.02. The number of amides is 1. The number of hydrogen-bond donors (Lipinski definition) is 1. The van der Waals surface area contributed by atoms with Gasteiger partial charge in [0.1, 0.15) is 5.82 Å². The second-order valence-electron chi connectivity index (χ2n) is 4.16. The van der Waals surface area contributed by atoms with Gasteiger partial charge in [-0.25, -0.2) is 4.39 Å². The first kappa shape index (κ1) is 15.1. The number of hydrogen-bond acceptors (Lipinski definition) is 2. The number of thioether (sulfide) groups is 1. The number of rotatable bonds is 4. The fraction of sp³-hybridized carbons (Fsp3) is 0.118. The lowest BCUT2D eigenvalue weighted by Crippen LogP contribution is -2.25. The molecule has 0 aromatic heterocycles. The van der Waals surface area contributed by atoms with Crippen LogP contribution in [0.4, 0.5) is 4.39 Å². The molecular weight excluding hydrogens is 285 g/mol. The van der Waals surface area contributed by atoms with E-state index in [1.165, 1.54) is 17.8 Å². The van der Waals surface area contributed by atoms with Crippen molar-refractivity contribution >= 4 is 17.7 Å². The molecule has 4 heteroatoms. The van der Waals surface area contributed by atoms with E-state index in [4.69, 9.17) is 0 Å². The van der Waals surface area contributed by atoms with Gasteiger partial charge in [-0.05, 0) is 24.3 Å². The first-order valence-corrected chi connectivity index (χ1v) is 7.42. The van der Waals surface area contributed by atoms with E-state index in [1.54, 1.807) is 18.2 Å². The lowest BCUT2D eigenvalue weighted by atomic mass is 10.2. The third-order valence-electron chi connectivity index (χ3n) is 2.58. The van der Waals surface area contributed by atoms with Crippen LogP contribution >= 0.6 is 11.8 Å². The molecule has 0 atom stereocenters. The maximum atomic E-state index is 13.4. The highest BCUT2D eigenvalue weighted by molar-refractivity contribution is 8.00. The Morgan fingerprint density at radius 2 is 1.81 bits per heavy atom. The predicted molar refractivity (Wildman–Crippen MR) is 83.5 cm³/mol. The summed E-state index contributed by atoms with van der Waals surface area (Å²) in [7, 11) is 0. The van der Waals surface area contributed by atoms with Gasteiger partial charge in [-0.3, -0.25) is 4.79 Å². The maximum Gasteiger partial charge on any atom is 0.231 e. The van der Waals surface area contributed by atoms with Crippen molar-refractivity contribution in [1.29, 1.82) is 0 Å². The Kier molecular flexibility index (Phi) is 5.86. The SMILES string of the molecule is O=C(CSc1ccccc1F)NCC#Cc1ccccc1. The molecule has 0 aliphatic heterocycles. The third kappa shape index (κ3) is 5.33. The normalized spacial score (nSPS) is 9.57. The van der Waals surface area contributed by atoms with Crippen molar-refractivity contribution in [2.75, 3.05) is 12.3 Å². The highest BCUT2D eigenvalue weighted by Crippen LogP contribution is 2.20. The van der Waals surface area contributed by atoms with E-state index < -0.39 is 0 Å². The van der Waals surface area contributed by atoms with Gasteiger partial charge >= 0.3 is 0 Å². The van der Waals surface area contributed by atoms with Crippen molar-refractivity contribution in [3.05, 3.63) is 66.0 Å². The van der Waals surface area contributed by atoms with Crippen molar-refractivity contribution in [2.45, 2.75) is 4.90 Å². The Morgan fingerprint density at radius 3 is 2.57 bits per heavy atom. The molecule has 2 aromatic rings. The Morgan fingerprint density at radius 1 is 1.10 bits per heavy atom. The number of carbonyl (C=O) groups is 1. The minimum atomic E-state index is -0.306. The van der Waals surface area contributed by atoms with Gasteiger partial charge in [0, 0.05) is 10.5 Å². The second-order valence-corrected chi connectivity index (χ2v) is 5.18. The summed E-state index contributed by atoms with van der Waals surface area (Å²) in [5.41, 5.74) is 0.910. The van der Waals surface area contributed by atoms with Gasteiger partial charge in [0.05, 0.1) is 12.3 Å². The van der Waals surface area contributed by atoms with Crippen LogP contribution in [0, 0.1) is 17.7 Å². The Balaban J connectivity index is 1.74. The van der Waals surface area contributed by atoms with Crippen LogP contribution in [-0.4, -0.2) is 18.2 Å². The van der Waals surface area contributed by atoms with Crippen LogP contribution in [0.15, 0.2) is 59.5 Å². The zero-order valence-corrected chi connectivity index (χ0v) is 12.1. The van der Waals surface area contributed by atoms with Gasteiger partial charge in [0.2, 0.25) is 5.91 Å². The summed E-state index contributed by atoms with van der Waals surface area (Å²) in [6.45, 7) is 0.283. The first-order valence-electron chi connectivity index (χ1n) is 6.43. The summed E-state index contributed by atoms with van der Waals surface area (Å²) in [6.07, 6.45) is 0. The van der Waals surface area contributed by atoms with E-state index in [0.717, 1.165) is 5.56 Å². The number of carbonyl (C=O) groups excluding carboxylic acids is 1. The van der Waals surface area contributed by atoms with Crippen LogP contribution in [0.25, 0.3) is 0 Å². The molecule has 2 aromatic carbocycles. The van der Waals surface area contributed by atoms with Crippen LogP contribution in [0.3, 0.4) is 0 Å². The summed E-state index contributed by atoms with van der Waals surface area (Å²) in [5, 5.41) is 2.69. The summed E-state index contributed by atoms with van der Waals surface area (Å²) in [4.78, 5) is 12.1. The minimum Gasteiger partial charge on any atom is -0.344 e. The molecule has 0 unspecified atom stereocenters. The number of nitrogens with one attached hydrogen (secondary N) is 1. The molecule has 2 rings (SSSR count). The van der Waals surface area contributed by atoms with Gasteiger partial charge in [-0.15, -0.1) is 11.8 Å². The largest absolute Gasteiger partial charge is 0.344 e. The quantitative estimate of drug-likeness (QED) is 0.694. The van der Waals surface area contributed by atoms with Crippen LogP contribution in [0.5, 0.6) is 0 Å². The molecule has 0 saturated heterocycles. The Labute approximate surface area is 127 Å². The topological polar surface area (TPSA) is 29.1 Å². The van der Waals surface area contributed by atoms with Gasteiger partial charge in [0.25, 0.3) is 0 Å². The predicted octanol–water partition coefficient (Wildman–Crippen LogP) is 3.09. The van der Waals surface area contributed by atoms with Crippen LogP contribution in [0.2, 0.25) is 0 Å². The van der Waals surface area contributed by atoms with Gasteiger partial charge in [-0.2, -0.15) is 0 Å². The van der Waals surface area contributed by atoms with Crippen LogP contribution in [0.1, 0.15) is 5.56 Å². The van der Waals surface area contributed by atoms with E-state index in [1.807, 2.05) is 30.3 Å². The van der Waals surface area contributed by atoms with E-state index in [0.29, 0.717) is 4.90 Å². The zero-order valence-electron chi connectivity index (χ0n) is 11.3. The Hall–Kier alpha value is -2.25. The van der Waals surface area contributed by atoms with Crippen LogP contribution in [-0.2, 0) is 4.79 Å². The zero-order chi connectivity index (χ0) is 14.9. The van der Waals surface area contributed by atoms with Crippen molar-refractivity contribution < 1.29 is 9.18 Å². The number of halogens is 1. The van der Waals surface area contributed by atoms with E-state index >= 15 is 0 Å². The van der Waals surface area contributed by atoms with Gasteiger partial charge < -0.3 is 5.32 Å². The van der Waals surface area contributed by atoms with Crippen molar-refractivity contribution in [2.24, 2.45) is 0 Å². The fourth-order valence-electron chi connectivity index (χ4n) is 1.57. The second kappa shape index (κ2) is 8.13. The monoisotopic (exact) mass is 299 g/mol. The fourth-order valence-corrected chi connectivity index (χ4v) is 2.34. The molecule has 0 aliphatic carbocycles. The smallest absolute Gasteiger partial charge is 0.231 e. The summed E-state index contributed by atoms with van der Waals surface area (Å²) < 4.78 is 13.4. The third-order valence-corrected chi connectivity index (χ3v) is 3.62. The van der Waals surface area contributed by atoms with Crippen molar-refractivity contribution in [3.8, 4) is 11.8 Å². The van der Waals surface area contributed by atoms with Crippen molar-refractivity contribution in [1.82, 2.24) is 5.32 Å². The molecular formula is C17H14FNOS. The molecule has 21 heavy (non-hydrogen) atoms. The molecule has 0 radical (unpaired) electrons. The first-order chi connectivity index (χ1) is 10.3. The molecule has 0 bridgehead atoms.